The highest BCUT2D eigenvalue weighted by Crippen LogP contribution is 2.41. The van der Waals surface area contributed by atoms with Crippen LogP contribution in [0.3, 0.4) is 0 Å². The number of aromatic carboxylic acids is 1. The Morgan fingerprint density at radius 1 is 0.726 bits per heavy atom. The Morgan fingerprint density at radius 3 is 2.12 bits per heavy atom. The minimum atomic E-state index is -4.08. The van der Waals surface area contributed by atoms with E-state index in [9.17, 15) is 76.9 Å². The Balaban J connectivity index is 0.000000145. The number of halogens is 1. The number of urea groups is 1. The Kier molecular flexibility index (Phi) is 33.9. The van der Waals surface area contributed by atoms with Gasteiger partial charge in [-0.2, -0.15) is 20.5 Å². The zero-order valence-electron chi connectivity index (χ0n) is 78.3. The summed E-state index contributed by atoms with van der Waals surface area (Å²) in [7, 11) is -2.23. The molecular formula is C105H87IN16O20S4. The SMILES string of the molecule is C=C1COc2ccc(-c3csc(=Nc4ccc(C)cc4)n3/N=C/c3ccc(O)c(O)c3)cc2N1.C=CCN1C(=O)C(C#N)=C(C)/C(=C\c2ccc(-c3cccc(C(=O)O)c3)o2)C1=O.CCOC(=O)C1=C(O)/C(=C/c2ccc(C)o2)SC1=NC(=O)c1ccccc1.Cc1ccccc1-c1nnc(SCC(=O)NC(=O)Nc2ccccc2I)n1C.O=C(CN1C(=O)c2ccccc2S1(=O)=O)NC1=NN(c2ccccc2)C(=O)C1. The van der Waals surface area contributed by atoms with Gasteiger partial charge < -0.3 is 59.3 Å². The second-order valence-electron chi connectivity index (χ2n) is 31.8. The van der Waals surface area contributed by atoms with Crippen LogP contribution in [0.5, 0.6) is 17.2 Å². The number of furan rings is 2. The number of sulfonamides is 1. The number of ether oxygens (including phenoxy) is 2. The fourth-order valence-electron chi connectivity index (χ4n) is 14.3. The van der Waals surface area contributed by atoms with Crippen molar-refractivity contribution in [2.24, 2.45) is 27.2 Å². The number of aromatic nitrogens is 4. The quantitative estimate of drug-likeness (QED) is 0.00484. The maximum Gasteiger partial charge on any atom is 0.344 e. The number of amides is 9. The molecule has 5 aliphatic heterocycles. The topological polar surface area (TPSA) is 497 Å². The van der Waals surface area contributed by atoms with Gasteiger partial charge in [-0.25, -0.2) is 41.8 Å². The molecule has 9 amide bonds. The monoisotopic (exact) mass is 2150 g/mol. The molecule has 9 heterocycles. The van der Waals surface area contributed by atoms with Gasteiger partial charge in [0.1, 0.15) is 80.7 Å². The van der Waals surface area contributed by atoms with Crippen LogP contribution in [0.15, 0.2) is 345 Å². The Labute approximate surface area is 860 Å². The number of carboxylic acid groups (broad SMARTS) is 1. The molecule has 0 fully saturated rings. The molecule has 0 spiro atoms. The van der Waals surface area contributed by atoms with E-state index in [4.69, 9.17) is 28.4 Å². The lowest BCUT2D eigenvalue weighted by atomic mass is 9.94. The standard InChI is InChI=1S/C26H22N4O3S.C22H16N2O5.C20H17NO5S.C19H18IN5O2S.C18H14N4O5S/c1-16-3-7-20(8-4-16)29-26-30(27-13-18-5-9-23(31)24(32)11-18)22(15-34-26)19-6-10-25-21(12-19)28-17(2)14-33-25;1-3-9-24-20(25)17(13(2)18(12-23)21(24)26)11-16-7-8-19(29-16)14-5-4-6-15(10-14)22(27)28;1-3-25-20(24)16-17(22)15(11-14-10-9-12(2)26-14)27-19(16)21-18(23)13-7-5-4-6-8-13;1-12-7-3-4-8-13(12)17-23-24-19(25(17)2)28-11-16(26)22-18(27)21-15-10-6-5-9-14(15)20;23-16(11-21-18(25)13-8-4-5-9-14(13)28(21,26)27)19-15-10-17(24)22(20-15)12-6-2-1-3-7-12/h3-13,15,28,31-32H,2,14H2,1H3;3-8,10-11H,1,9H2,2H3,(H,27,28);4-11,22H,3H2,1-2H3;3-10H,11H2,1-2H3,(H2,21,22,26,27);1-9H,10-11H2,(H,19,20,23)/b27-13+,29-26?;17-11+;15-11-,21-19?;;. The second kappa shape index (κ2) is 47.4. The van der Waals surface area contributed by atoms with E-state index in [0.717, 1.165) is 81.8 Å². The average Bonchev–Trinajstić information content (AvgIpc) is 1.60. The molecule has 0 unspecified atom stereocenters. The number of thiazole rings is 1. The third-order valence-electron chi connectivity index (χ3n) is 21.5. The minimum Gasteiger partial charge on any atom is -0.506 e. The highest BCUT2D eigenvalue weighted by Gasteiger charge is 2.43. The third-order valence-corrected chi connectivity index (χ3v) is 27.1. The van der Waals surface area contributed by atoms with Gasteiger partial charge >= 0.3 is 18.0 Å². The number of phenolic OH excluding ortho intramolecular Hbond substituents is 2. The number of nitriles is 1. The summed E-state index contributed by atoms with van der Waals surface area (Å²) in [6.45, 7) is 16.4. The number of nitrogens with zero attached hydrogens (tertiary/aromatic N) is 12. The molecule has 41 heteroatoms. The van der Waals surface area contributed by atoms with Crippen molar-refractivity contribution < 1.29 is 95.1 Å². The Bertz CT molecular complexity index is 7860. The van der Waals surface area contributed by atoms with Crippen LogP contribution in [0.1, 0.15) is 85.3 Å². The molecule has 18 rings (SSSR count). The van der Waals surface area contributed by atoms with Crippen molar-refractivity contribution in [1.82, 2.24) is 39.3 Å². The molecule has 0 bridgehead atoms. The van der Waals surface area contributed by atoms with E-state index < -0.39 is 70.0 Å². The molecule has 0 atom stereocenters. The number of carboxylic acids is 1. The number of nitrogens with one attached hydrogen (secondary N) is 4. The van der Waals surface area contributed by atoms with Gasteiger partial charge in [0.15, 0.2) is 22.5 Å². The van der Waals surface area contributed by atoms with E-state index in [-0.39, 0.29) is 97.7 Å². The van der Waals surface area contributed by atoms with Gasteiger partial charge in [0, 0.05) is 56.1 Å². The van der Waals surface area contributed by atoms with Gasteiger partial charge in [0.25, 0.3) is 39.6 Å². The molecule has 0 aliphatic carbocycles. The highest BCUT2D eigenvalue weighted by molar-refractivity contribution is 14.1. The Hall–Kier alpha value is -17.5. The normalized spacial score (nSPS) is 14.8. The van der Waals surface area contributed by atoms with Crippen molar-refractivity contribution in [3.8, 4) is 57.3 Å². The van der Waals surface area contributed by atoms with Crippen LogP contribution in [0.25, 0.3) is 46.1 Å². The largest absolute Gasteiger partial charge is 0.506 e. The van der Waals surface area contributed by atoms with Crippen LogP contribution < -0.4 is 35.8 Å². The number of thioether (sulfide) groups is 2. The Morgan fingerprint density at radius 2 is 1.42 bits per heavy atom. The number of aliphatic imine (C=N–C) groups is 1. The van der Waals surface area contributed by atoms with Crippen LogP contribution in [0, 0.1) is 35.7 Å². The van der Waals surface area contributed by atoms with Gasteiger partial charge in [0.05, 0.1) is 69.5 Å². The highest BCUT2D eigenvalue weighted by atomic mass is 127. The van der Waals surface area contributed by atoms with Gasteiger partial charge in [-0.1, -0.05) is 151 Å². The number of carbonyl (C=O) groups excluding carboxylic acids is 9. The number of anilines is 3. The van der Waals surface area contributed by atoms with Gasteiger partial charge in [-0.15, -0.1) is 28.1 Å². The number of aromatic hydroxyl groups is 2. The number of esters is 1. The molecule has 4 aromatic heterocycles. The number of aryl methyl sites for hydroxylation is 3. The number of benzene rings is 9. The van der Waals surface area contributed by atoms with Crippen LogP contribution in [-0.4, -0.2) is 166 Å². The summed E-state index contributed by atoms with van der Waals surface area (Å²) in [5, 5.41) is 80.0. The van der Waals surface area contributed by atoms with E-state index in [1.807, 2.05) is 122 Å². The van der Waals surface area contributed by atoms with E-state index in [0.29, 0.717) is 76.9 Å². The number of hydrogen-bond acceptors (Lipinski definition) is 29. The fourth-order valence-corrected chi connectivity index (χ4v) is 18.9. The number of aliphatic hydroxyl groups is 1. The first-order chi connectivity index (χ1) is 70.1. The van der Waals surface area contributed by atoms with Crippen molar-refractivity contribution in [3.63, 3.8) is 0 Å². The first-order valence-corrected chi connectivity index (χ1v) is 49.3. The molecule has 0 saturated heterocycles. The van der Waals surface area contributed by atoms with E-state index in [2.05, 4.69) is 82.4 Å². The average molecular weight is 2150 g/mol. The van der Waals surface area contributed by atoms with Crippen molar-refractivity contribution in [2.75, 3.05) is 47.7 Å². The lowest BCUT2D eigenvalue weighted by Gasteiger charge is -2.26. The molecule has 0 saturated carbocycles. The number of carbonyl (C=O) groups is 10. The zero-order valence-corrected chi connectivity index (χ0v) is 83.8. The summed E-state index contributed by atoms with van der Waals surface area (Å²) >= 11 is 5.83. The fraction of sp³-hybridized carbons (Fsp3) is 0.114. The van der Waals surface area contributed by atoms with Crippen LogP contribution in [0.2, 0.25) is 0 Å². The van der Waals surface area contributed by atoms with Crippen molar-refractivity contribution >= 4 is 179 Å². The van der Waals surface area contributed by atoms with Crippen LogP contribution in [0.4, 0.5) is 27.5 Å². The molecule has 738 valence electrons. The van der Waals surface area contributed by atoms with E-state index >= 15 is 0 Å². The number of aliphatic hydroxyl groups excluding tert-OH is 1. The minimum absolute atomic E-state index is 0.0150. The number of imide groups is 2. The summed E-state index contributed by atoms with van der Waals surface area (Å²) in [6.07, 6.45) is 5.93. The van der Waals surface area contributed by atoms with E-state index in [1.54, 1.807) is 146 Å². The van der Waals surface area contributed by atoms with Gasteiger partial charge in [-0.05, 0) is 220 Å². The summed E-state index contributed by atoms with van der Waals surface area (Å²) in [5.74, 6) is -2.81. The van der Waals surface area contributed by atoms with Crippen molar-refractivity contribution in [1.29, 1.82) is 5.26 Å². The molecular weight excluding hydrogens is 2060 g/mol. The predicted octanol–water partition coefficient (Wildman–Crippen LogP) is 17.6. The number of phenols is 2. The summed E-state index contributed by atoms with van der Waals surface area (Å²) in [4.78, 5) is 132. The van der Waals surface area contributed by atoms with E-state index in [1.165, 1.54) is 84.6 Å². The zero-order chi connectivity index (χ0) is 104. The maximum atomic E-state index is 12.7. The smallest absolute Gasteiger partial charge is 0.344 e. The number of hydrazone groups is 1. The lowest BCUT2D eigenvalue weighted by Crippen LogP contribution is -2.42. The first kappa shape index (κ1) is 104. The lowest BCUT2D eigenvalue weighted by molar-refractivity contribution is -0.140. The molecule has 13 aromatic rings. The number of fused-ring (bicyclic) bond motifs is 2. The van der Waals surface area contributed by atoms with Crippen LogP contribution >= 0.6 is 57.5 Å². The summed E-state index contributed by atoms with van der Waals surface area (Å²) in [5.41, 5.74) is 10.6. The first-order valence-electron chi connectivity index (χ1n) is 44.1. The second-order valence-corrected chi connectivity index (χ2v) is 37.6. The molecule has 5 aliphatic rings. The predicted molar refractivity (Wildman–Crippen MR) is 560 cm³/mol. The third kappa shape index (κ3) is 25.3. The summed E-state index contributed by atoms with van der Waals surface area (Å²) < 4.78 is 51.9. The molecule has 36 nitrogen and oxygen atoms in total. The van der Waals surface area contributed by atoms with Crippen molar-refractivity contribution in [3.05, 3.63) is 365 Å². The molecule has 0 radical (unpaired) electrons. The molecule has 9 aromatic carbocycles. The molecule has 146 heavy (non-hydrogen) atoms. The van der Waals surface area contributed by atoms with Crippen LogP contribution in [-0.2, 0) is 50.6 Å². The maximum absolute atomic E-state index is 12.7. The van der Waals surface area contributed by atoms with Crippen molar-refractivity contribution in [2.45, 2.75) is 51.1 Å². The molecule has 8 N–H and O–H groups in total. The number of amidine groups is 1. The number of para-hydroxylation sites is 2. The number of rotatable bonds is 21. The number of hydrogen-bond donors (Lipinski definition) is 8. The van der Waals surface area contributed by atoms with Gasteiger partial charge in [-0.3, -0.25) is 43.8 Å². The van der Waals surface area contributed by atoms with Gasteiger partial charge in [0.2, 0.25) is 16.6 Å². The summed E-state index contributed by atoms with van der Waals surface area (Å²) in [6, 6.07) is 70.9.